The lowest BCUT2D eigenvalue weighted by Gasteiger charge is -2.39. The van der Waals surface area contributed by atoms with Crippen LogP contribution < -0.4 is 9.47 Å². The Morgan fingerprint density at radius 1 is 0.923 bits per heavy atom. The zero-order chi connectivity index (χ0) is 18.8. The van der Waals surface area contributed by atoms with E-state index < -0.39 is 30.5 Å². The molecule has 1 aliphatic rings. The van der Waals surface area contributed by atoms with Crippen molar-refractivity contribution >= 4 is 11.6 Å². The van der Waals surface area contributed by atoms with Gasteiger partial charge in [0, 0.05) is 0 Å². The number of aliphatic hydroxyl groups is 3. The smallest absolute Gasteiger partial charge is 0.146 e. The van der Waals surface area contributed by atoms with Gasteiger partial charge < -0.3 is 29.5 Å². The first-order valence-electron chi connectivity index (χ1n) is 8.21. The van der Waals surface area contributed by atoms with Gasteiger partial charge in [0.05, 0.1) is 18.2 Å². The topological polar surface area (TPSA) is 88.4 Å². The third-order valence-corrected chi connectivity index (χ3v) is 4.74. The second kappa shape index (κ2) is 7.82. The van der Waals surface area contributed by atoms with E-state index in [2.05, 4.69) is 0 Å². The van der Waals surface area contributed by atoms with Gasteiger partial charge in [-0.25, -0.2) is 0 Å². The maximum Gasteiger partial charge on any atom is 0.146 e. The zero-order valence-electron chi connectivity index (χ0n) is 14.4. The third kappa shape index (κ3) is 3.79. The average Bonchev–Trinajstić information content (AvgIpc) is 2.65. The fourth-order valence-corrected chi connectivity index (χ4v) is 3.03. The molecule has 5 atom stereocenters. The summed E-state index contributed by atoms with van der Waals surface area (Å²) >= 11 is 6.22. The van der Waals surface area contributed by atoms with Crippen molar-refractivity contribution in [2.75, 3.05) is 7.11 Å². The summed E-state index contributed by atoms with van der Waals surface area (Å²) in [5.74, 6) is 1.66. The van der Waals surface area contributed by atoms with Crippen molar-refractivity contribution in [3.8, 4) is 17.2 Å². The van der Waals surface area contributed by atoms with Gasteiger partial charge in [0.1, 0.15) is 41.7 Å². The lowest BCUT2D eigenvalue weighted by atomic mass is 9.91. The van der Waals surface area contributed by atoms with E-state index >= 15 is 0 Å². The van der Waals surface area contributed by atoms with Crippen molar-refractivity contribution in [3.63, 3.8) is 0 Å². The average molecular weight is 381 g/mol. The van der Waals surface area contributed by atoms with Crippen LogP contribution in [0.4, 0.5) is 0 Å². The number of hydrogen-bond donors (Lipinski definition) is 3. The molecule has 2 aromatic carbocycles. The van der Waals surface area contributed by atoms with Crippen LogP contribution in [0.15, 0.2) is 42.5 Å². The van der Waals surface area contributed by atoms with Crippen LogP contribution in [0.5, 0.6) is 17.2 Å². The van der Waals surface area contributed by atoms with Gasteiger partial charge in [-0.15, -0.1) is 0 Å². The number of ether oxygens (including phenoxy) is 3. The van der Waals surface area contributed by atoms with Crippen molar-refractivity contribution in [2.24, 2.45) is 0 Å². The summed E-state index contributed by atoms with van der Waals surface area (Å²) in [7, 11) is 1.58. The predicted molar refractivity (Wildman–Crippen MR) is 95.8 cm³/mol. The van der Waals surface area contributed by atoms with E-state index in [-0.39, 0.29) is 0 Å². The minimum absolute atomic E-state index is 0.387. The van der Waals surface area contributed by atoms with Crippen LogP contribution in [0.25, 0.3) is 0 Å². The Kier molecular flexibility index (Phi) is 5.70. The summed E-state index contributed by atoms with van der Waals surface area (Å²) in [5, 5.41) is 30.5. The molecule has 0 amide bonds. The Morgan fingerprint density at radius 2 is 1.58 bits per heavy atom. The molecule has 0 radical (unpaired) electrons. The first-order valence-corrected chi connectivity index (χ1v) is 8.59. The van der Waals surface area contributed by atoms with E-state index in [0.717, 1.165) is 0 Å². The van der Waals surface area contributed by atoms with Crippen LogP contribution in [0.1, 0.15) is 18.6 Å². The fourth-order valence-electron chi connectivity index (χ4n) is 2.87. The Morgan fingerprint density at radius 3 is 2.23 bits per heavy atom. The molecule has 1 aliphatic heterocycles. The van der Waals surface area contributed by atoms with E-state index in [1.807, 2.05) is 0 Å². The number of methoxy groups -OCH3 is 1. The summed E-state index contributed by atoms with van der Waals surface area (Å²) in [4.78, 5) is 0. The minimum atomic E-state index is -1.30. The second-order valence-electron chi connectivity index (χ2n) is 6.20. The van der Waals surface area contributed by atoms with Gasteiger partial charge in [0.2, 0.25) is 0 Å². The summed E-state index contributed by atoms with van der Waals surface area (Å²) in [6.07, 6.45) is -5.15. The summed E-state index contributed by atoms with van der Waals surface area (Å²) < 4.78 is 16.6. The Labute approximate surface area is 156 Å². The molecule has 0 unspecified atom stereocenters. The minimum Gasteiger partial charge on any atom is -0.497 e. The highest BCUT2D eigenvalue weighted by Crippen LogP contribution is 2.37. The van der Waals surface area contributed by atoms with Crippen LogP contribution in [0, 0.1) is 0 Å². The predicted octanol–water partition coefficient (Wildman–Crippen LogP) is 2.68. The maximum absolute atomic E-state index is 10.3. The van der Waals surface area contributed by atoms with E-state index in [9.17, 15) is 15.3 Å². The molecule has 3 rings (SSSR count). The standard InChI is InChI=1S/C19H21ClO6/c1-10-16(21)17(22)18(23)19(25-10)11-3-8-14(20)15(9-11)26-13-6-4-12(24-2)5-7-13/h3-10,16-19,21-23H,1-2H3/t10-,16-,17+,18-,19+/m1/s1. The molecular weight excluding hydrogens is 360 g/mol. The van der Waals surface area contributed by atoms with Gasteiger partial charge in [-0.2, -0.15) is 0 Å². The highest BCUT2D eigenvalue weighted by atomic mass is 35.5. The summed E-state index contributed by atoms with van der Waals surface area (Å²) in [5.41, 5.74) is 0.586. The normalized spacial score (nSPS) is 28.6. The van der Waals surface area contributed by atoms with Gasteiger partial charge in [0.25, 0.3) is 0 Å². The van der Waals surface area contributed by atoms with Gasteiger partial charge in [-0.05, 0) is 48.9 Å². The van der Waals surface area contributed by atoms with Crippen molar-refractivity contribution in [1.29, 1.82) is 0 Å². The molecule has 0 spiro atoms. The second-order valence-corrected chi connectivity index (χ2v) is 6.61. The van der Waals surface area contributed by atoms with E-state index in [1.165, 1.54) is 0 Å². The summed E-state index contributed by atoms with van der Waals surface area (Å²) in [6.45, 7) is 1.64. The van der Waals surface area contributed by atoms with E-state index in [0.29, 0.717) is 27.8 Å². The number of benzene rings is 2. The zero-order valence-corrected chi connectivity index (χ0v) is 15.1. The molecule has 0 bridgehead atoms. The molecule has 3 N–H and O–H groups in total. The number of aliphatic hydroxyl groups excluding tert-OH is 3. The SMILES string of the molecule is COc1ccc(Oc2cc([C@@H]3O[C@H](C)[C@@H](O)[C@H](O)[C@H]3O)ccc2Cl)cc1. The van der Waals surface area contributed by atoms with E-state index in [4.69, 9.17) is 25.8 Å². The lowest BCUT2D eigenvalue weighted by Crippen LogP contribution is -2.53. The summed E-state index contributed by atoms with van der Waals surface area (Å²) in [6, 6.07) is 12.0. The van der Waals surface area contributed by atoms with Crippen LogP contribution in [-0.2, 0) is 4.74 Å². The molecule has 0 aromatic heterocycles. The van der Waals surface area contributed by atoms with Crippen molar-refractivity contribution in [2.45, 2.75) is 37.4 Å². The monoisotopic (exact) mass is 380 g/mol. The van der Waals surface area contributed by atoms with E-state index in [1.54, 1.807) is 56.5 Å². The van der Waals surface area contributed by atoms with Crippen LogP contribution in [0.2, 0.25) is 5.02 Å². The van der Waals surface area contributed by atoms with Gasteiger partial charge >= 0.3 is 0 Å². The molecule has 26 heavy (non-hydrogen) atoms. The van der Waals surface area contributed by atoms with Gasteiger partial charge in [-0.1, -0.05) is 17.7 Å². The Bertz CT molecular complexity index is 750. The van der Waals surface area contributed by atoms with Crippen molar-refractivity contribution in [1.82, 2.24) is 0 Å². The highest BCUT2D eigenvalue weighted by molar-refractivity contribution is 6.32. The van der Waals surface area contributed by atoms with Crippen LogP contribution in [0.3, 0.4) is 0 Å². The Balaban J connectivity index is 1.85. The first-order chi connectivity index (χ1) is 12.4. The maximum atomic E-state index is 10.3. The molecule has 1 fully saturated rings. The molecule has 0 saturated carbocycles. The quantitative estimate of drug-likeness (QED) is 0.755. The fraction of sp³-hybridized carbons (Fsp3) is 0.368. The molecule has 1 saturated heterocycles. The first kappa shape index (κ1) is 18.9. The molecule has 140 valence electrons. The van der Waals surface area contributed by atoms with Gasteiger partial charge in [-0.3, -0.25) is 0 Å². The molecule has 1 heterocycles. The van der Waals surface area contributed by atoms with Crippen LogP contribution >= 0.6 is 11.6 Å². The van der Waals surface area contributed by atoms with Gasteiger partial charge in [0.15, 0.2) is 0 Å². The van der Waals surface area contributed by atoms with Crippen molar-refractivity contribution in [3.05, 3.63) is 53.1 Å². The Hall–Kier alpha value is -1.83. The number of rotatable bonds is 4. The van der Waals surface area contributed by atoms with Crippen LogP contribution in [-0.4, -0.2) is 46.8 Å². The molecule has 7 heteroatoms. The number of hydrogen-bond acceptors (Lipinski definition) is 6. The lowest BCUT2D eigenvalue weighted by molar-refractivity contribution is -0.219. The molecule has 0 aliphatic carbocycles. The third-order valence-electron chi connectivity index (χ3n) is 4.42. The molecule has 2 aromatic rings. The number of halogens is 1. The molecule has 6 nitrogen and oxygen atoms in total. The molecular formula is C19H21ClO6. The van der Waals surface area contributed by atoms with Crippen molar-refractivity contribution < 1.29 is 29.5 Å². The largest absolute Gasteiger partial charge is 0.497 e. The highest BCUT2D eigenvalue weighted by Gasteiger charge is 2.42.